The summed E-state index contributed by atoms with van der Waals surface area (Å²) in [5.41, 5.74) is 1.55. The van der Waals surface area contributed by atoms with Crippen LogP contribution in [0.4, 0.5) is 0 Å². The van der Waals surface area contributed by atoms with E-state index in [1.165, 1.54) is 0 Å². The highest BCUT2D eigenvalue weighted by atomic mass is 35.5. The van der Waals surface area contributed by atoms with E-state index < -0.39 is 0 Å². The Balaban J connectivity index is 2.41. The number of hydrogen-bond acceptors (Lipinski definition) is 3. The van der Waals surface area contributed by atoms with Gasteiger partial charge >= 0.3 is 0 Å². The van der Waals surface area contributed by atoms with E-state index in [0.29, 0.717) is 5.02 Å². The Kier molecular flexibility index (Phi) is 3.45. The van der Waals surface area contributed by atoms with E-state index in [2.05, 4.69) is 42.1 Å². The first-order chi connectivity index (χ1) is 7.97. The third-order valence-corrected chi connectivity index (χ3v) is 3.36. The quantitative estimate of drug-likeness (QED) is 0.841. The van der Waals surface area contributed by atoms with Crippen molar-refractivity contribution < 1.29 is 0 Å². The molecule has 17 heavy (non-hydrogen) atoms. The molecule has 2 rings (SSSR count). The Morgan fingerprint density at radius 2 is 2.18 bits per heavy atom. The molecule has 0 unspecified atom stereocenters. The molecule has 0 atom stereocenters. The molecule has 0 bridgehead atoms. The summed E-state index contributed by atoms with van der Waals surface area (Å²) in [4.78, 5) is 4.27. The van der Waals surface area contributed by atoms with Gasteiger partial charge in [-0.2, -0.15) is 5.10 Å². The fourth-order valence-electron chi connectivity index (χ4n) is 1.34. The molecule has 0 amide bonds. The zero-order valence-corrected chi connectivity index (χ0v) is 11.5. The van der Waals surface area contributed by atoms with Crippen molar-refractivity contribution in [2.24, 2.45) is 0 Å². The van der Waals surface area contributed by atoms with Crippen molar-refractivity contribution in [1.29, 1.82) is 0 Å². The van der Waals surface area contributed by atoms with Gasteiger partial charge in [-0.1, -0.05) is 44.1 Å². The topological polar surface area (TPSA) is 41.6 Å². The van der Waals surface area contributed by atoms with E-state index >= 15 is 0 Å². The van der Waals surface area contributed by atoms with Crippen molar-refractivity contribution in [3.63, 3.8) is 0 Å². The zero-order valence-electron chi connectivity index (χ0n) is 9.91. The number of halogens is 1. The molecule has 0 aliphatic rings. The van der Waals surface area contributed by atoms with E-state index in [9.17, 15) is 0 Å². The highest BCUT2D eigenvalue weighted by molar-refractivity contribution is 8.00. The summed E-state index contributed by atoms with van der Waals surface area (Å²) in [5.74, 6) is 0. The standard InChI is InChI=1S/C12H13ClN3S/c1-12(2,3)17-11-8(7-15-16-11)10-9(13)5-4-6-14-10/h4-6H,1-3H3,(H,15,16). The lowest BCUT2D eigenvalue weighted by Gasteiger charge is -2.16. The lowest BCUT2D eigenvalue weighted by atomic mass is 10.2. The first-order valence-corrected chi connectivity index (χ1v) is 6.43. The molecule has 0 fully saturated rings. The number of pyridine rings is 1. The van der Waals surface area contributed by atoms with Gasteiger partial charge in [0, 0.05) is 10.9 Å². The highest BCUT2D eigenvalue weighted by Gasteiger charge is 2.19. The minimum atomic E-state index is 0.0824. The van der Waals surface area contributed by atoms with Crippen LogP contribution in [0.3, 0.4) is 0 Å². The Hall–Kier alpha value is -1.00. The molecule has 0 saturated heterocycles. The molecule has 1 N–H and O–H groups in total. The molecule has 2 heterocycles. The fraction of sp³-hybridized carbons (Fsp3) is 0.333. The maximum atomic E-state index is 6.13. The Bertz CT molecular complexity index is 516. The van der Waals surface area contributed by atoms with Gasteiger partial charge in [0.05, 0.1) is 22.5 Å². The van der Waals surface area contributed by atoms with Gasteiger partial charge in [0.1, 0.15) is 5.03 Å². The molecular formula is C12H13ClN3S. The van der Waals surface area contributed by atoms with Crippen molar-refractivity contribution >= 4 is 23.4 Å². The molecule has 0 aliphatic heterocycles. The number of hydrogen-bond donors (Lipinski definition) is 1. The molecule has 89 valence electrons. The average Bonchev–Trinajstić information content (AvgIpc) is 2.64. The van der Waals surface area contributed by atoms with Crippen molar-refractivity contribution in [2.75, 3.05) is 0 Å². The van der Waals surface area contributed by atoms with Crippen LogP contribution in [-0.2, 0) is 0 Å². The van der Waals surface area contributed by atoms with Crippen LogP contribution in [0.2, 0.25) is 5.02 Å². The first-order valence-electron chi connectivity index (χ1n) is 5.23. The van der Waals surface area contributed by atoms with Gasteiger partial charge in [0.25, 0.3) is 0 Å². The fourth-order valence-corrected chi connectivity index (χ4v) is 2.48. The summed E-state index contributed by atoms with van der Waals surface area (Å²) in [5, 5.41) is 8.44. The van der Waals surface area contributed by atoms with E-state index in [-0.39, 0.29) is 4.75 Å². The summed E-state index contributed by atoms with van der Waals surface area (Å²) >= 11 is 7.79. The minimum Gasteiger partial charge on any atom is -0.274 e. The second-order valence-electron chi connectivity index (χ2n) is 4.58. The van der Waals surface area contributed by atoms with Crippen LogP contribution in [-0.4, -0.2) is 19.9 Å². The van der Waals surface area contributed by atoms with Crippen molar-refractivity contribution in [1.82, 2.24) is 15.2 Å². The van der Waals surface area contributed by atoms with Gasteiger partial charge in [-0.05, 0) is 12.1 Å². The first kappa shape index (κ1) is 12.5. The van der Waals surface area contributed by atoms with Crippen LogP contribution in [0.5, 0.6) is 0 Å². The van der Waals surface area contributed by atoms with Gasteiger partial charge in [-0.15, -0.1) is 0 Å². The smallest absolute Gasteiger partial charge is 0.129 e. The molecule has 2 aromatic rings. The number of rotatable bonds is 2. The average molecular weight is 267 g/mol. The van der Waals surface area contributed by atoms with E-state index in [0.717, 1.165) is 16.3 Å². The van der Waals surface area contributed by atoms with Gasteiger partial charge in [-0.3, -0.25) is 10.1 Å². The van der Waals surface area contributed by atoms with Crippen LogP contribution < -0.4 is 0 Å². The Labute approximate surface area is 110 Å². The van der Waals surface area contributed by atoms with E-state index in [4.69, 9.17) is 11.6 Å². The van der Waals surface area contributed by atoms with Crippen molar-refractivity contribution in [2.45, 2.75) is 30.5 Å². The second kappa shape index (κ2) is 4.70. The zero-order chi connectivity index (χ0) is 12.5. The summed E-state index contributed by atoms with van der Waals surface area (Å²) in [6.45, 7) is 6.41. The maximum Gasteiger partial charge on any atom is 0.129 e. The van der Waals surface area contributed by atoms with Crippen LogP contribution in [0, 0.1) is 6.20 Å². The molecule has 5 heteroatoms. The third kappa shape index (κ3) is 3.01. The normalized spacial score (nSPS) is 11.8. The SMILES string of the molecule is CC(C)(C)Sc1n[nH][c]c1-c1ncccc1Cl. The molecule has 0 aliphatic carbocycles. The molecule has 0 saturated carbocycles. The predicted octanol–water partition coefficient (Wildman–Crippen LogP) is 3.82. The monoisotopic (exact) mass is 266 g/mol. The largest absolute Gasteiger partial charge is 0.274 e. The second-order valence-corrected chi connectivity index (χ2v) is 6.80. The minimum absolute atomic E-state index is 0.0824. The molecule has 2 aromatic heterocycles. The maximum absolute atomic E-state index is 6.13. The molecule has 0 aromatic carbocycles. The number of aromatic nitrogens is 3. The van der Waals surface area contributed by atoms with Crippen LogP contribution in [0.1, 0.15) is 20.8 Å². The molecular weight excluding hydrogens is 254 g/mol. The van der Waals surface area contributed by atoms with Crippen LogP contribution in [0.25, 0.3) is 11.3 Å². The lowest BCUT2D eigenvalue weighted by molar-refractivity contribution is 0.798. The summed E-state index contributed by atoms with van der Waals surface area (Å²) in [6.07, 6.45) is 4.70. The van der Waals surface area contributed by atoms with Crippen LogP contribution >= 0.6 is 23.4 Å². The van der Waals surface area contributed by atoms with Crippen molar-refractivity contribution in [3.8, 4) is 11.3 Å². The molecule has 3 nitrogen and oxygen atoms in total. The lowest BCUT2D eigenvalue weighted by Crippen LogP contribution is -2.07. The summed E-state index contributed by atoms with van der Waals surface area (Å²) in [6, 6.07) is 3.62. The summed E-state index contributed by atoms with van der Waals surface area (Å²) in [7, 11) is 0. The molecule has 0 spiro atoms. The number of nitrogens with one attached hydrogen (secondary N) is 1. The summed E-state index contributed by atoms with van der Waals surface area (Å²) < 4.78 is 0.0824. The van der Waals surface area contributed by atoms with Gasteiger partial charge in [-0.25, -0.2) is 0 Å². The van der Waals surface area contributed by atoms with E-state index in [1.54, 1.807) is 18.0 Å². The number of H-pyrrole nitrogens is 1. The Morgan fingerprint density at radius 1 is 1.41 bits per heavy atom. The Morgan fingerprint density at radius 3 is 2.82 bits per heavy atom. The predicted molar refractivity (Wildman–Crippen MR) is 71.3 cm³/mol. The van der Waals surface area contributed by atoms with E-state index in [1.807, 2.05) is 12.1 Å². The van der Waals surface area contributed by atoms with Gasteiger partial charge < -0.3 is 0 Å². The number of nitrogens with zero attached hydrogens (tertiary/aromatic N) is 2. The van der Waals surface area contributed by atoms with Gasteiger partial charge in [0.2, 0.25) is 0 Å². The third-order valence-electron chi connectivity index (χ3n) is 1.95. The highest BCUT2D eigenvalue weighted by Crippen LogP contribution is 2.37. The van der Waals surface area contributed by atoms with Crippen molar-refractivity contribution in [3.05, 3.63) is 29.5 Å². The van der Waals surface area contributed by atoms with Gasteiger partial charge in [0.15, 0.2) is 0 Å². The number of aromatic amines is 1. The number of thioether (sulfide) groups is 1. The van der Waals surface area contributed by atoms with Crippen LogP contribution in [0.15, 0.2) is 23.4 Å². The molecule has 1 radical (unpaired) electrons.